The van der Waals surface area contributed by atoms with Crippen molar-refractivity contribution in [3.63, 3.8) is 0 Å². The third-order valence-corrected chi connectivity index (χ3v) is 3.82. The van der Waals surface area contributed by atoms with Crippen molar-refractivity contribution in [2.45, 2.75) is 101 Å². The van der Waals surface area contributed by atoms with Crippen molar-refractivity contribution in [3.8, 4) is 0 Å². The molecule has 23 heavy (non-hydrogen) atoms. The Morgan fingerprint density at radius 2 is 1.39 bits per heavy atom. The molecule has 0 aromatic rings. The first-order chi connectivity index (χ1) is 10.8. The Hall–Kier alpha value is -1.04. The Labute approximate surface area is 148 Å². The molecule has 0 N–H and O–H groups in total. The van der Waals surface area contributed by atoms with Crippen LogP contribution < -0.4 is 0 Å². The van der Waals surface area contributed by atoms with Crippen LogP contribution in [0.3, 0.4) is 0 Å². The summed E-state index contributed by atoms with van der Waals surface area (Å²) in [7, 11) is 0. The van der Waals surface area contributed by atoms with E-state index in [9.17, 15) is 0 Å². The van der Waals surface area contributed by atoms with Gasteiger partial charge in [-0.3, -0.25) is 0 Å². The normalized spacial score (nSPS) is 12.4. The van der Waals surface area contributed by atoms with Crippen LogP contribution in [0.5, 0.6) is 0 Å². The highest BCUT2D eigenvalue weighted by Gasteiger charge is 2.12. The summed E-state index contributed by atoms with van der Waals surface area (Å²) in [6.45, 7) is 26.1. The monoisotopic (exact) mass is 320 g/mol. The minimum absolute atomic E-state index is 1.11. The zero-order valence-corrected chi connectivity index (χ0v) is 17.7. The molecular weight excluding hydrogens is 276 g/mol. The van der Waals surface area contributed by atoms with Gasteiger partial charge in [0, 0.05) is 0 Å². The lowest BCUT2D eigenvalue weighted by atomic mass is 9.85. The van der Waals surface area contributed by atoms with E-state index in [0.717, 1.165) is 6.42 Å². The van der Waals surface area contributed by atoms with Crippen LogP contribution in [0, 0.1) is 0 Å². The van der Waals surface area contributed by atoms with Crippen LogP contribution in [-0.4, -0.2) is 0 Å². The minimum Gasteiger partial charge on any atom is -0.103 e. The van der Waals surface area contributed by atoms with E-state index < -0.39 is 0 Å². The highest BCUT2D eigenvalue weighted by Crippen LogP contribution is 2.32. The fourth-order valence-electron chi connectivity index (χ4n) is 2.11. The summed E-state index contributed by atoms with van der Waals surface area (Å²) < 4.78 is 0. The largest absolute Gasteiger partial charge is 0.103 e. The van der Waals surface area contributed by atoms with Gasteiger partial charge in [-0.2, -0.15) is 0 Å². The van der Waals surface area contributed by atoms with Gasteiger partial charge in [0.05, 0.1) is 0 Å². The topological polar surface area (TPSA) is 0 Å². The molecule has 1 aliphatic rings. The minimum atomic E-state index is 1.11. The maximum absolute atomic E-state index is 3.67. The van der Waals surface area contributed by atoms with Crippen LogP contribution >= 0.6 is 0 Å². The number of hydrogen-bond donors (Lipinski definition) is 0. The summed E-state index contributed by atoms with van der Waals surface area (Å²) in [6.07, 6.45) is 9.57. The first-order valence-electron chi connectivity index (χ1n) is 9.42. The second-order valence-electron chi connectivity index (χ2n) is 5.99. The standard InChI is InChI=1S/C13H22.C5H10.C3H6.C2H6/c1-5-12-8-6-7-9-13(12)11(4)10(2)3;1-4-5(2)3;1-3-2;1-2/h5-9H2,1-4H3;2,4H2,1,3H3;3H,1H2,2H3;1-2H3. The van der Waals surface area contributed by atoms with E-state index in [1.165, 1.54) is 43.3 Å². The lowest BCUT2D eigenvalue weighted by molar-refractivity contribution is 0.659. The molecule has 0 unspecified atom stereocenters. The van der Waals surface area contributed by atoms with Gasteiger partial charge < -0.3 is 0 Å². The molecule has 0 heterocycles. The predicted molar refractivity (Wildman–Crippen MR) is 112 cm³/mol. The average Bonchev–Trinajstić information content (AvgIpc) is 2.57. The van der Waals surface area contributed by atoms with Crippen LogP contribution in [0.1, 0.15) is 101 Å². The average molecular weight is 321 g/mol. The Morgan fingerprint density at radius 1 is 1.00 bits per heavy atom. The summed E-state index contributed by atoms with van der Waals surface area (Å²) in [5.41, 5.74) is 7.68. The Balaban J connectivity index is -0.000000334. The molecule has 0 aromatic heterocycles. The third kappa shape index (κ3) is 15.6. The van der Waals surface area contributed by atoms with Gasteiger partial charge in [-0.1, -0.05) is 50.5 Å². The first-order valence-corrected chi connectivity index (χ1v) is 9.42. The molecule has 136 valence electrons. The van der Waals surface area contributed by atoms with E-state index in [1.807, 2.05) is 27.7 Å². The Kier molecular flexibility index (Phi) is 22.2. The molecule has 0 saturated carbocycles. The zero-order valence-electron chi connectivity index (χ0n) is 17.7. The van der Waals surface area contributed by atoms with Gasteiger partial charge in [-0.15, -0.1) is 13.2 Å². The Bertz CT molecular complexity index is 359. The van der Waals surface area contributed by atoms with Crippen molar-refractivity contribution in [1.29, 1.82) is 0 Å². The molecule has 0 aliphatic heterocycles. The highest BCUT2D eigenvalue weighted by atomic mass is 14.2. The van der Waals surface area contributed by atoms with E-state index in [1.54, 1.807) is 22.8 Å². The second kappa shape index (κ2) is 19.0. The first kappa shape index (κ1) is 26.8. The van der Waals surface area contributed by atoms with Crippen LogP contribution in [0.15, 0.2) is 47.1 Å². The molecule has 0 amide bonds. The summed E-state index contributed by atoms with van der Waals surface area (Å²) in [4.78, 5) is 0. The van der Waals surface area contributed by atoms with E-state index in [4.69, 9.17) is 0 Å². The van der Waals surface area contributed by atoms with E-state index in [-0.39, 0.29) is 0 Å². The van der Waals surface area contributed by atoms with Gasteiger partial charge in [0.25, 0.3) is 0 Å². The predicted octanol–water partition coefficient (Wildman–Crippen LogP) is 8.81. The van der Waals surface area contributed by atoms with Crippen molar-refractivity contribution in [3.05, 3.63) is 47.1 Å². The van der Waals surface area contributed by atoms with E-state index in [0.29, 0.717) is 0 Å². The molecule has 0 saturated heterocycles. The van der Waals surface area contributed by atoms with Crippen molar-refractivity contribution < 1.29 is 0 Å². The molecule has 0 spiro atoms. The van der Waals surface area contributed by atoms with Crippen molar-refractivity contribution in [1.82, 2.24) is 0 Å². The van der Waals surface area contributed by atoms with Crippen LogP contribution in [0.4, 0.5) is 0 Å². The molecule has 0 atom stereocenters. The summed E-state index contributed by atoms with van der Waals surface area (Å²) in [5, 5.41) is 0. The van der Waals surface area contributed by atoms with Gasteiger partial charge in [0.1, 0.15) is 0 Å². The summed E-state index contributed by atoms with van der Waals surface area (Å²) in [6, 6.07) is 0. The molecule has 1 aliphatic carbocycles. The summed E-state index contributed by atoms with van der Waals surface area (Å²) >= 11 is 0. The van der Waals surface area contributed by atoms with Crippen LogP contribution in [0.25, 0.3) is 0 Å². The third-order valence-electron chi connectivity index (χ3n) is 3.82. The maximum Gasteiger partial charge on any atom is -0.0277 e. The molecular formula is C23H44. The van der Waals surface area contributed by atoms with Crippen molar-refractivity contribution in [2.75, 3.05) is 0 Å². The lowest BCUT2D eigenvalue weighted by Gasteiger charge is -2.21. The zero-order chi connectivity index (χ0) is 18.8. The van der Waals surface area contributed by atoms with Gasteiger partial charge >= 0.3 is 0 Å². The molecule has 0 radical (unpaired) electrons. The second-order valence-corrected chi connectivity index (χ2v) is 5.99. The fourth-order valence-corrected chi connectivity index (χ4v) is 2.11. The number of hydrogen-bond acceptors (Lipinski definition) is 0. The quantitative estimate of drug-likeness (QED) is 0.456. The lowest BCUT2D eigenvalue weighted by Crippen LogP contribution is -2.01. The molecule has 1 rings (SSSR count). The van der Waals surface area contributed by atoms with Crippen molar-refractivity contribution in [2.24, 2.45) is 0 Å². The van der Waals surface area contributed by atoms with Crippen molar-refractivity contribution >= 4 is 0 Å². The van der Waals surface area contributed by atoms with Gasteiger partial charge in [-0.05, 0) is 84.3 Å². The fraction of sp³-hybridized carbons (Fsp3) is 0.652. The smallest absolute Gasteiger partial charge is 0.0277 e. The summed E-state index contributed by atoms with van der Waals surface area (Å²) in [5.74, 6) is 0. The maximum atomic E-state index is 3.67. The molecule has 0 nitrogen and oxygen atoms in total. The Morgan fingerprint density at radius 3 is 1.70 bits per heavy atom. The van der Waals surface area contributed by atoms with E-state index >= 15 is 0 Å². The van der Waals surface area contributed by atoms with Crippen LogP contribution in [0.2, 0.25) is 0 Å². The van der Waals surface area contributed by atoms with Gasteiger partial charge in [0.2, 0.25) is 0 Å². The molecule has 0 bridgehead atoms. The molecule has 0 aromatic carbocycles. The molecule has 0 fully saturated rings. The number of rotatable bonds is 3. The van der Waals surface area contributed by atoms with Gasteiger partial charge in [-0.25, -0.2) is 0 Å². The van der Waals surface area contributed by atoms with Crippen LogP contribution in [-0.2, 0) is 0 Å². The highest BCUT2D eigenvalue weighted by molar-refractivity contribution is 5.37. The SMILES string of the molecule is C=C(C)CC.C=CC.CC.CCC1=C(C(C)=C(C)C)CCCC1. The number of allylic oxidation sites excluding steroid dienone is 6. The van der Waals surface area contributed by atoms with Gasteiger partial charge in [0.15, 0.2) is 0 Å². The molecule has 0 heteroatoms. The van der Waals surface area contributed by atoms with E-state index in [2.05, 4.69) is 47.8 Å².